The average Bonchev–Trinajstić information content (AvgIpc) is 3.01. The van der Waals surface area contributed by atoms with Crippen molar-refractivity contribution in [1.29, 1.82) is 0 Å². The molecule has 0 saturated heterocycles. The lowest BCUT2D eigenvalue weighted by atomic mass is 9.70. The van der Waals surface area contributed by atoms with Crippen molar-refractivity contribution in [3.8, 4) is 0 Å². The predicted molar refractivity (Wildman–Crippen MR) is 106 cm³/mol. The van der Waals surface area contributed by atoms with Crippen molar-refractivity contribution >= 4 is 22.9 Å². The molecule has 0 saturated carbocycles. The van der Waals surface area contributed by atoms with Gasteiger partial charge in [0, 0.05) is 41.5 Å². The molecule has 0 bridgehead atoms. The van der Waals surface area contributed by atoms with E-state index in [2.05, 4.69) is 19.2 Å². The molecule has 2 aromatic heterocycles. The monoisotopic (exact) mass is 385 g/mol. The normalized spacial score (nSPS) is 20.9. The van der Waals surface area contributed by atoms with Crippen LogP contribution in [-0.2, 0) is 18.9 Å². The second-order valence-corrected chi connectivity index (χ2v) is 9.63. The van der Waals surface area contributed by atoms with Gasteiger partial charge in [0.2, 0.25) is 0 Å². The zero-order valence-corrected chi connectivity index (χ0v) is 17.0. The van der Waals surface area contributed by atoms with Crippen LogP contribution in [0.1, 0.15) is 47.9 Å². The fraction of sp³-hybridized carbons (Fsp3) is 0.450. The minimum absolute atomic E-state index is 0.0753. The number of thiophene rings is 1. The van der Waals surface area contributed by atoms with E-state index in [1.165, 1.54) is 11.6 Å². The third-order valence-electron chi connectivity index (χ3n) is 5.51. The number of aromatic nitrogens is 2. The van der Waals surface area contributed by atoms with Gasteiger partial charge in [0.25, 0.3) is 5.56 Å². The highest BCUT2D eigenvalue weighted by atomic mass is 32.1. The summed E-state index contributed by atoms with van der Waals surface area (Å²) in [5, 5.41) is 3.28. The minimum atomic E-state index is -0.427. The molecular formula is C20H23N3O3S. The van der Waals surface area contributed by atoms with Crippen LogP contribution < -0.4 is 16.6 Å². The van der Waals surface area contributed by atoms with Crippen molar-refractivity contribution in [2.24, 2.45) is 19.5 Å². The number of rotatable bonds is 1. The van der Waals surface area contributed by atoms with Gasteiger partial charge in [-0.3, -0.25) is 18.7 Å². The lowest BCUT2D eigenvalue weighted by molar-refractivity contribution is -0.118. The lowest BCUT2D eigenvalue weighted by Crippen LogP contribution is -2.44. The molecule has 1 aliphatic heterocycles. The van der Waals surface area contributed by atoms with Crippen LogP contribution in [0.5, 0.6) is 0 Å². The van der Waals surface area contributed by atoms with Crippen molar-refractivity contribution in [3.05, 3.63) is 59.6 Å². The fourth-order valence-electron chi connectivity index (χ4n) is 4.24. The van der Waals surface area contributed by atoms with Crippen molar-refractivity contribution in [3.63, 3.8) is 0 Å². The summed E-state index contributed by atoms with van der Waals surface area (Å²) in [5.74, 6) is 0.152. The van der Waals surface area contributed by atoms with Crippen LogP contribution >= 0.6 is 11.3 Å². The fourth-order valence-corrected chi connectivity index (χ4v) is 5.24. The first-order valence-electron chi connectivity index (χ1n) is 9.00. The summed E-state index contributed by atoms with van der Waals surface area (Å²) >= 11 is 1.59. The number of fused-ring (bicyclic) bond motifs is 1. The van der Waals surface area contributed by atoms with Crippen LogP contribution in [0.15, 0.2) is 33.0 Å². The summed E-state index contributed by atoms with van der Waals surface area (Å²) in [7, 11) is 3.14. The van der Waals surface area contributed by atoms with E-state index in [0.29, 0.717) is 29.8 Å². The van der Waals surface area contributed by atoms with E-state index < -0.39 is 5.92 Å². The molecule has 6 nitrogen and oxygen atoms in total. The summed E-state index contributed by atoms with van der Waals surface area (Å²) < 4.78 is 2.59. The van der Waals surface area contributed by atoms with Gasteiger partial charge in [-0.05, 0) is 30.9 Å². The molecule has 2 aromatic rings. The minimum Gasteiger partial charge on any atom is -0.344 e. The highest BCUT2D eigenvalue weighted by Gasteiger charge is 2.43. The molecule has 1 N–H and O–H groups in total. The van der Waals surface area contributed by atoms with Gasteiger partial charge in [0.05, 0.1) is 11.5 Å². The highest BCUT2D eigenvalue weighted by molar-refractivity contribution is 7.12. The third kappa shape index (κ3) is 2.64. The van der Waals surface area contributed by atoms with Crippen molar-refractivity contribution in [2.45, 2.75) is 39.5 Å². The van der Waals surface area contributed by atoms with Crippen LogP contribution in [0.3, 0.4) is 0 Å². The number of allylic oxidation sites excluding steroid dienone is 2. The maximum absolute atomic E-state index is 13.1. The average molecular weight is 385 g/mol. The van der Waals surface area contributed by atoms with Crippen LogP contribution in [0.25, 0.3) is 0 Å². The molecule has 7 heteroatoms. The Morgan fingerprint density at radius 3 is 2.44 bits per heavy atom. The summed E-state index contributed by atoms with van der Waals surface area (Å²) in [4.78, 5) is 40.7. The summed E-state index contributed by atoms with van der Waals surface area (Å²) in [6, 6.07) is 3.99. The summed E-state index contributed by atoms with van der Waals surface area (Å²) in [6.45, 7) is 6.15. The Kier molecular flexibility index (Phi) is 3.86. The largest absolute Gasteiger partial charge is 0.344 e. The van der Waals surface area contributed by atoms with Crippen molar-refractivity contribution in [2.75, 3.05) is 5.32 Å². The smallest absolute Gasteiger partial charge is 0.332 e. The maximum atomic E-state index is 13.1. The van der Waals surface area contributed by atoms with Gasteiger partial charge in [-0.2, -0.15) is 0 Å². The Balaban J connectivity index is 2.07. The molecule has 27 heavy (non-hydrogen) atoms. The number of carbonyl (C=O) groups is 1. The van der Waals surface area contributed by atoms with E-state index in [4.69, 9.17) is 0 Å². The Morgan fingerprint density at radius 2 is 1.81 bits per heavy atom. The molecule has 1 aliphatic carbocycles. The van der Waals surface area contributed by atoms with Crippen molar-refractivity contribution < 1.29 is 4.79 Å². The molecule has 0 amide bonds. The highest BCUT2D eigenvalue weighted by Crippen LogP contribution is 2.48. The van der Waals surface area contributed by atoms with Crippen LogP contribution in [0, 0.1) is 12.3 Å². The number of Topliss-reactive ketones (excluding diaryl/α,β-unsaturated/α-hetero) is 1. The van der Waals surface area contributed by atoms with Crippen molar-refractivity contribution in [1.82, 2.24) is 9.13 Å². The van der Waals surface area contributed by atoms with Gasteiger partial charge < -0.3 is 5.32 Å². The van der Waals surface area contributed by atoms with E-state index >= 15 is 0 Å². The van der Waals surface area contributed by atoms with Gasteiger partial charge in [0.1, 0.15) is 5.82 Å². The first-order chi connectivity index (χ1) is 12.6. The van der Waals surface area contributed by atoms with E-state index in [1.807, 2.05) is 19.1 Å². The number of hydrogen-bond donors (Lipinski definition) is 1. The van der Waals surface area contributed by atoms with E-state index in [-0.39, 0.29) is 22.4 Å². The molecule has 1 unspecified atom stereocenters. The number of ketones is 1. The van der Waals surface area contributed by atoms with Crippen LogP contribution in [0.4, 0.5) is 5.82 Å². The van der Waals surface area contributed by atoms with E-state index in [1.54, 1.807) is 18.4 Å². The number of carbonyl (C=O) groups excluding carboxylic acids is 1. The lowest BCUT2D eigenvalue weighted by Gasteiger charge is -2.39. The number of hydrogen-bond acceptors (Lipinski definition) is 5. The molecule has 0 radical (unpaired) electrons. The third-order valence-corrected chi connectivity index (χ3v) is 6.58. The van der Waals surface area contributed by atoms with Crippen LogP contribution in [0.2, 0.25) is 0 Å². The Morgan fingerprint density at radius 1 is 1.11 bits per heavy atom. The molecule has 1 atom stereocenters. The van der Waals surface area contributed by atoms with E-state index in [9.17, 15) is 14.4 Å². The summed E-state index contributed by atoms with van der Waals surface area (Å²) in [5.41, 5.74) is 1.11. The molecule has 3 heterocycles. The van der Waals surface area contributed by atoms with Gasteiger partial charge >= 0.3 is 5.69 Å². The number of nitrogens with one attached hydrogen (secondary N) is 1. The second kappa shape index (κ2) is 5.79. The van der Waals surface area contributed by atoms with E-state index in [0.717, 1.165) is 20.0 Å². The van der Waals surface area contributed by atoms with Gasteiger partial charge in [-0.15, -0.1) is 11.3 Å². The number of anilines is 1. The molecule has 0 aromatic carbocycles. The molecule has 0 fully saturated rings. The Bertz CT molecular complexity index is 1130. The number of aryl methyl sites for hydroxylation is 1. The molecule has 2 aliphatic rings. The van der Waals surface area contributed by atoms with Gasteiger partial charge in [0.15, 0.2) is 5.78 Å². The quantitative estimate of drug-likeness (QED) is 0.819. The molecule has 4 rings (SSSR count). The van der Waals surface area contributed by atoms with Gasteiger partial charge in [-0.25, -0.2) is 4.79 Å². The topological polar surface area (TPSA) is 73.1 Å². The standard InChI is InChI=1S/C20H23N3O3S/c1-10-6-7-13(27-10)15-14-11(8-20(2,3)9-12(14)24)21-17-16(15)18(25)23(5)19(26)22(17)4/h6-7,15,21H,8-9H2,1-5H3. The Hall–Kier alpha value is -2.41. The second-order valence-electron chi connectivity index (χ2n) is 8.31. The van der Waals surface area contributed by atoms with Gasteiger partial charge in [-0.1, -0.05) is 13.8 Å². The van der Waals surface area contributed by atoms with Crippen LogP contribution in [-0.4, -0.2) is 14.9 Å². The molecule has 142 valence electrons. The summed E-state index contributed by atoms with van der Waals surface area (Å²) in [6.07, 6.45) is 1.16. The maximum Gasteiger partial charge on any atom is 0.332 e. The zero-order chi connectivity index (χ0) is 19.7. The first-order valence-corrected chi connectivity index (χ1v) is 9.82. The SMILES string of the molecule is Cc1ccc(C2C3=C(CC(C)(C)CC3=O)Nc3c2c(=O)n(C)c(=O)n3C)s1. The zero-order valence-electron chi connectivity index (χ0n) is 16.2. The molecular weight excluding hydrogens is 362 g/mol. The number of nitrogens with zero attached hydrogens (tertiary/aromatic N) is 2. The Labute approximate surface area is 161 Å². The predicted octanol–water partition coefficient (Wildman–Crippen LogP) is 2.65. The first kappa shape index (κ1) is 18.0. The molecule has 0 spiro atoms.